The molecule has 6 nitrogen and oxygen atoms in total. The fraction of sp³-hybridized carbons (Fsp3) is 0.182. The van der Waals surface area contributed by atoms with Gasteiger partial charge in [-0.15, -0.1) is 5.10 Å². The predicted molar refractivity (Wildman–Crippen MR) is 63.1 cm³/mol. The van der Waals surface area contributed by atoms with Crippen molar-refractivity contribution < 1.29 is 4.79 Å². The van der Waals surface area contributed by atoms with Gasteiger partial charge < -0.3 is 11.5 Å². The molecule has 88 valence electrons. The van der Waals surface area contributed by atoms with Crippen LogP contribution in [0.1, 0.15) is 16.1 Å². The van der Waals surface area contributed by atoms with Gasteiger partial charge in [0, 0.05) is 6.54 Å². The molecule has 0 aliphatic carbocycles. The lowest BCUT2D eigenvalue weighted by atomic mass is 10.1. The first-order valence-corrected chi connectivity index (χ1v) is 5.21. The average Bonchev–Trinajstić information content (AvgIpc) is 2.69. The smallest absolute Gasteiger partial charge is 0.273 e. The first kappa shape index (κ1) is 11.1. The summed E-state index contributed by atoms with van der Waals surface area (Å²) >= 11 is 0. The molecule has 1 amide bonds. The van der Waals surface area contributed by atoms with Crippen molar-refractivity contribution in [3.8, 4) is 0 Å². The lowest BCUT2D eigenvalue weighted by molar-refractivity contribution is 0.0996. The number of amides is 1. The summed E-state index contributed by atoms with van der Waals surface area (Å²) in [6.07, 6.45) is 0.770. The van der Waals surface area contributed by atoms with Crippen molar-refractivity contribution in [1.82, 2.24) is 15.0 Å². The van der Waals surface area contributed by atoms with Gasteiger partial charge >= 0.3 is 0 Å². The minimum atomic E-state index is -0.659. The van der Waals surface area contributed by atoms with Crippen molar-refractivity contribution in [2.24, 2.45) is 5.73 Å². The lowest BCUT2D eigenvalue weighted by Crippen LogP contribution is -2.15. The van der Waals surface area contributed by atoms with Crippen LogP contribution >= 0.6 is 0 Å². The number of nitrogens with zero attached hydrogens (tertiary/aromatic N) is 3. The Labute approximate surface area is 98.2 Å². The van der Waals surface area contributed by atoms with Gasteiger partial charge in [0.2, 0.25) is 0 Å². The highest BCUT2D eigenvalue weighted by Gasteiger charge is 2.13. The molecule has 0 saturated heterocycles. The van der Waals surface area contributed by atoms with Crippen LogP contribution in [0.25, 0.3) is 0 Å². The van der Waals surface area contributed by atoms with E-state index in [1.54, 1.807) is 0 Å². The third-order valence-corrected chi connectivity index (χ3v) is 2.46. The number of carbonyl (C=O) groups excluding carboxylic acids is 1. The zero-order valence-corrected chi connectivity index (χ0v) is 9.21. The molecule has 0 atom stereocenters. The quantitative estimate of drug-likeness (QED) is 0.785. The third kappa shape index (κ3) is 2.41. The van der Waals surface area contributed by atoms with E-state index in [1.165, 1.54) is 10.2 Å². The van der Waals surface area contributed by atoms with E-state index in [-0.39, 0.29) is 11.5 Å². The van der Waals surface area contributed by atoms with Gasteiger partial charge in [-0.3, -0.25) is 4.79 Å². The summed E-state index contributed by atoms with van der Waals surface area (Å²) in [6.45, 7) is 0.566. The highest BCUT2D eigenvalue weighted by atomic mass is 16.1. The van der Waals surface area contributed by atoms with Gasteiger partial charge in [-0.25, -0.2) is 4.68 Å². The fourth-order valence-electron chi connectivity index (χ4n) is 1.54. The largest absolute Gasteiger partial charge is 0.382 e. The molecule has 0 bridgehead atoms. The first-order chi connectivity index (χ1) is 8.18. The van der Waals surface area contributed by atoms with Gasteiger partial charge in [0.1, 0.15) is 0 Å². The molecule has 0 aliphatic rings. The van der Waals surface area contributed by atoms with Crippen LogP contribution in [-0.4, -0.2) is 20.9 Å². The van der Waals surface area contributed by atoms with Crippen LogP contribution in [0, 0.1) is 0 Å². The van der Waals surface area contributed by atoms with Crippen LogP contribution in [0.15, 0.2) is 30.3 Å². The second-order valence-electron chi connectivity index (χ2n) is 3.65. The number of nitrogen functional groups attached to an aromatic ring is 1. The molecular weight excluding hydrogens is 218 g/mol. The molecule has 2 rings (SSSR count). The third-order valence-electron chi connectivity index (χ3n) is 2.46. The zero-order chi connectivity index (χ0) is 12.3. The maximum absolute atomic E-state index is 10.9. The molecule has 17 heavy (non-hydrogen) atoms. The van der Waals surface area contributed by atoms with E-state index in [2.05, 4.69) is 10.3 Å². The summed E-state index contributed by atoms with van der Waals surface area (Å²) in [5.41, 5.74) is 12.0. The standard InChI is InChI=1S/C11H13N5O/c12-10-9(11(13)17)14-15-16(10)7-6-8-4-2-1-3-5-8/h1-5H,6-7,12H2,(H2,13,17). The highest BCUT2D eigenvalue weighted by Crippen LogP contribution is 2.08. The van der Waals surface area contributed by atoms with E-state index >= 15 is 0 Å². The Kier molecular flexibility index (Phi) is 3.04. The van der Waals surface area contributed by atoms with Gasteiger partial charge in [-0.05, 0) is 12.0 Å². The lowest BCUT2D eigenvalue weighted by Gasteiger charge is -2.03. The number of benzene rings is 1. The van der Waals surface area contributed by atoms with E-state index in [0.717, 1.165) is 6.42 Å². The van der Waals surface area contributed by atoms with Crippen LogP contribution in [-0.2, 0) is 13.0 Å². The number of aromatic nitrogens is 3. The minimum Gasteiger partial charge on any atom is -0.382 e. The molecule has 0 saturated carbocycles. The van der Waals surface area contributed by atoms with E-state index in [0.29, 0.717) is 6.54 Å². The normalized spacial score (nSPS) is 10.4. The Morgan fingerprint density at radius 2 is 2.00 bits per heavy atom. The summed E-state index contributed by atoms with van der Waals surface area (Å²) < 4.78 is 1.48. The van der Waals surface area contributed by atoms with Crippen molar-refractivity contribution in [2.45, 2.75) is 13.0 Å². The molecule has 1 aromatic carbocycles. The van der Waals surface area contributed by atoms with Crippen molar-refractivity contribution in [3.05, 3.63) is 41.6 Å². The molecule has 0 spiro atoms. The summed E-state index contributed by atoms with van der Waals surface area (Å²) in [7, 11) is 0. The molecule has 1 aromatic heterocycles. The highest BCUT2D eigenvalue weighted by molar-refractivity contribution is 5.94. The monoisotopic (exact) mass is 231 g/mol. The van der Waals surface area contributed by atoms with Crippen molar-refractivity contribution >= 4 is 11.7 Å². The van der Waals surface area contributed by atoms with Gasteiger partial charge in [0.05, 0.1) is 0 Å². The van der Waals surface area contributed by atoms with E-state index in [9.17, 15) is 4.79 Å². The molecule has 0 unspecified atom stereocenters. The van der Waals surface area contributed by atoms with Crippen LogP contribution < -0.4 is 11.5 Å². The van der Waals surface area contributed by atoms with E-state index < -0.39 is 5.91 Å². The van der Waals surface area contributed by atoms with Crippen molar-refractivity contribution in [2.75, 3.05) is 5.73 Å². The Morgan fingerprint density at radius 3 is 2.59 bits per heavy atom. The maximum atomic E-state index is 10.9. The van der Waals surface area contributed by atoms with Crippen molar-refractivity contribution in [1.29, 1.82) is 0 Å². The molecule has 0 fully saturated rings. The number of aryl methyl sites for hydroxylation is 2. The Balaban J connectivity index is 2.07. The zero-order valence-electron chi connectivity index (χ0n) is 9.21. The Hall–Kier alpha value is -2.37. The van der Waals surface area contributed by atoms with Crippen LogP contribution in [0.3, 0.4) is 0 Å². The Morgan fingerprint density at radius 1 is 1.29 bits per heavy atom. The van der Waals surface area contributed by atoms with Gasteiger partial charge in [0.25, 0.3) is 5.91 Å². The molecule has 4 N–H and O–H groups in total. The van der Waals surface area contributed by atoms with Gasteiger partial charge in [-0.2, -0.15) is 0 Å². The number of hydrogen-bond donors (Lipinski definition) is 2. The number of rotatable bonds is 4. The number of hydrogen-bond acceptors (Lipinski definition) is 4. The average molecular weight is 231 g/mol. The SMILES string of the molecule is NC(=O)c1nnn(CCc2ccccc2)c1N. The van der Waals surface area contributed by atoms with Gasteiger partial charge in [-0.1, -0.05) is 35.5 Å². The summed E-state index contributed by atoms with van der Waals surface area (Å²) in [5, 5.41) is 7.43. The number of anilines is 1. The molecule has 0 radical (unpaired) electrons. The summed E-state index contributed by atoms with van der Waals surface area (Å²) in [5.74, 6) is -0.443. The predicted octanol–water partition coefficient (Wildman–Crippen LogP) is 0.202. The molecule has 2 aromatic rings. The number of primary amides is 1. The van der Waals surface area contributed by atoms with E-state index in [1.807, 2.05) is 30.3 Å². The molecule has 0 aliphatic heterocycles. The van der Waals surface area contributed by atoms with Crippen LogP contribution in [0.5, 0.6) is 0 Å². The number of nitrogens with two attached hydrogens (primary N) is 2. The summed E-state index contributed by atoms with van der Waals surface area (Å²) in [4.78, 5) is 10.9. The first-order valence-electron chi connectivity index (χ1n) is 5.21. The Bertz CT molecular complexity index is 520. The van der Waals surface area contributed by atoms with Crippen molar-refractivity contribution in [3.63, 3.8) is 0 Å². The number of carbonyl (C=O) groups is 1. The maximum Gasteiger partial charge on any atom is 0.273 e. The molecule has 1 heterocycles. The van der Waals surface area contributed by atoms with E-state index in [4.69, 9.17) is 11.5 Å². The molecular formula is C11H13N5O. The second kappa shape index (κ2) is 4.65. The fourth-order valence-corrected chi connectivity index (χ4v) is 1.54. The minimum absolute atomic E-state index is 0.0260. The summed E-state index contributed by atoms with van der Waals surface area (Å²) in [6, 6.07) is 9.92. The van der Waals surface area contributed by atoms with Crippen LogP contribution in [0.4, 0.5) is 5.82 Å². The topological polar surface area (TPSA) is 99.8 Å². The second-order valence-corrected chi connectivity index (χ2v) is 3.65. The molecule has 6 heteroatoms. The van der Waals surface area contributed by atoms with Gasteiger partial charge in [0.15, 0.2) is 11.5 Å². The van der Waals surface area contributed by atoms with Crippen LogP contribution in [0.2, 0.25) is 0 Å².